The zero-order valence-corrected chi connectivity index (χ0v) is 20.2. The second kappa shape index (κ2) is 8.23. The molecule has 0 aliphatic carbocycles. The Kier molecular flexibility index (Phi) is 5.83. The van der Waals surface area contributed by atoms with Crippen LogP contribution in [0.3, 0.4) is 0 Å². The number of likely N-dealkylation sites (tertiary alicyclic amines) is 1. The molecule has 1 fully saturated rings. The summed E-state index contributed by atoms with van der Waals surface area (Å²) in [5.74, 6) is -0.0794. The first-order chi connectivity index (χ1) is 15.4. The van der Waals surface area contributed by atoms with Crippen LogP contribution in [0.5, 0.6) is 0 Å². The number of fused-ring (bicyclic) bond motifs is 1. The zero-order valence-electron chi connectivity index (χ0n) is 18.6. The highest BCUT2D eigenvalue weighted by atomic mass is 32.2. The molecule has 1 atom stereocenters. The van der Waals surface area contributed by atoms with Gasteiger partial charge in [0.25, 0.3) is 10.0 Å². The number of amidine groups is 1. The van der Waals surface area contributed by atoms with Crippen molar-refractivity contribution < 1.29 is 21.6 Å². The second-order valence-corrected chi connectivity index (χ2v) is 12.4. The van der Waals surface area contributed by atoms with E-state index in [9.17, 15) is 21.6 Å². The summed E-state index contributed by atoms with van der Waals surface area (Å²) in [7, 11) is -7.56. The Bertz CT molecular complexity index is 1340. The standard InChI is InChI=1S/C22H26N4O5S2/c1-22(2,3)25-32(28,29)16-9-6-8-15(14-16)23-21(27)18-11-7-13-26(18)20-17-10-4-5-12-19(17)33(30,31)24-20/h4-6,8-10,12,14,18,25H,7,11,13H2,1-3H3,(H,23,27)/t18-/m0/s1. The van der Waals surface area contributed by atoms with Crippen LogP contribution in [0.4, 0.5) is 5.69 Å². The number of amides is 1. The summed E-state index contributed by atoms with van der Waals surface area (Å²) in [4.78, 5) is 15.0. The molecule has 33 heavy (non-hydrogen) atoms. The Balaban J connectivity index is 1.57. The van der Waals surface area contributed by atoms with Gasteiger partial charge in [0.2, 0.25) is 15.9 Å². The molecule has 0 aromatic heterocycles. The van der Waals surface area contributed by atoms with Gasteiger partial charge >= 0.3 is 0 Å². The van der Waals surface area contributed by atoms with Crippen molar-refractivity contribution in [3.8, 4) is 0 Å². The van der Waals surface area contributed by atoms with Gasteiger partial charge in [-0.2, -0.15) is 8.42 Å². The SMILES string of the molecule is CC(C)(C)NS(=O)(=O)c1cccc(NC(=O)[C@@H]2CCCN2C2=NS(=O)(=O)c3ccccc32)c1. The molecule has 2 aliphatic heterocycles. The van der Waals surface area contributed by atoms with Gasteiger partial charge in [-0.3, -0.25) is 4.79 Å². The minimum absolute atomic E-state index is 0.0405. The molecule has 0 spiro atoms. The van der Waals surface area contributed by atoms with Crippen molar-refractivity contribution in [3.63, 3.8) is 0 Å². The first kappa shape index (κ1) is 23.4. The summed E-state index contributed by atoms with van der Waals surface area (Å²) >= 11 is 0. The van der Waals surface area contributed by atoms with Gasteiger partial charge in [-0.05, 0) is 63.9 Å². The quantitative estimate of drug-likeness (QED) is 0.678. The fourth-order valence-electron chi connectivity index (χ4n) is 4.02. The van der Waals surface area contributed by atoms with Gasteiger partial charge in [0.1, 0.15) is 10.9 Å². The zero-order chi connectivity index (χ0) is 24.0. The molecular formula is C22H26N4O5S2. The van der Waals surface area contributed by atoms with Crippen LogP contribution >= 0.6 is 0 Å². The molecule has 2 aliphatic rings. The number of nitrogens with one attached hydrogen (secondary N) is 2. The molecule has 0 bridgehead atoms. The molecule has 0 saturated carbocycles. The predicted molar refractivity (Wildman–Crippen MR) is 125 cm³/mol. The topological polar surface area (TPSA) is 125 Å². The number of benzene rings is 2. The van der Waals surface area contributed by atoms with Crippen LogP contribution in [-0.4, -0.2) is 51.6 Å². The van der Waals surface area contributed by atoms with Crippen LogP contribution in [0.25, 0.3) is 0 Å². The molecular weight excluding hydrogens is 464 g/mol. The van der Waals surface area contributed by atoms with Gasteiger partial charge in [-0.1, -0.05) is 18.2 Å². The summed E-state index contributed by atoms with van der Waals surface area (Å²) in [5, 5.41) is 2.78. The van der Waals surface area contributed by atoms with Crippen molar-refractivity contribution in [1.29, 1.82) is 0 Å². The largest absolute Gasteiger partial charge is 0.343 e. The molecule has 2 N–H and O–H groups in total. The van der Waals surface area contributed by atoms with E-state index in [4.69, 9.17) is 0 Å². The molecule has 2 heterocycles. The van der Waals surface area contributed by atoms with Crippen LogP contribution < -0.4 is 10.0 Å². The highest BCUT2D eigenvalue weighted by molar-refractivity contribution is 7.90. The number of carbonyl (C=O) groups excluding carboxylic acids is 1. The number of nitrogens with zero attached hydrogens (tertiary/aromatic N) is 2. The number of anilines is 1. The summed E-state index contributed by atoms with van der Waals surface area (Å²) in [6.07, 6.45) is 1.22. The minimum Gasteiger partial charge on any atom is -0.343 e. The van der Waals surface area contributed by atoms with Crippen molar-refractivity contribution in [3.05, 3.63) is 54.1 Å². The van der Waals surface area contributed by atoms with Gasteiger partial charge in [-0.25, -0.2) is 13.1 Å². The normalized spacial score (nSPS) is 19.8. The lowest BCUT2D eigenvalue weighted by Crippen LogP contribution is -2.43. The molecule has 2 aromatic carbocycles. The van der Waals surface area contributed by atoms with Gasteiger partial charge in [0.05, 0.1) is 4.90 Å². The maximum Gasteiger partial charge on any atom is 0.285 e. The summed E-state index contributed by atoms with van der Waals surface area (Å²) in [6.45, 7) is 5.73. The van der Waals surface area contributed by atoms with Crippen LogP contribution in [0, 0.1) is 0 Å². The fourth-order valence-corrected chi connectivity index (χ4v) is 6.70. The molecule has 0 radical (unpaired) electrons. The van der Waals surface area contributed by atoms with Crippen LogP contribution in [0.2, 0.25) is 0 Å². The van der Waals surface area contributed by atoms with E-state index >= 15 is 0 Å². The van der Waals surface area contributed by atoms with Crippen molar-refractivity contribution in [2.24, 2.45) is 4.40 Å². The van der Waals surface area contributed by atoms with Crippen molar-refractivity contribution in [2.75, 3.05) is 11.9 Å². The van der Waals surface area contributed by atoms with Gasteiger partial charge < -0.3 is 10.2 Å². The number of carbonyl (C=O) groups is 1. The predicted octanol–water partition coefficient (Wildman–Crippen LogP) is 2.32. The van der Waals surface area contributed by atoms with Crippen LogP contribution in [-0.2, 0) is 24.8 Å². The van der Waals surface area contributed by atoms with Crippen molar-refractivity contribution in [1.82, 2.24) is 9.62 Å². The highest BCUT2D eigenvalue weighted by Gasteiger charge is 2.39. The number of rotatable bonds is 4. The molecule has 9 nitrogen and oxygen atoms in total. The first-order valence-corrected chi connectivity index (χ1v) is 13.5. The maximum atomic E-state index is 13.1. The lowest BCUT2D eigenvalue weighted by molar-refractivity contribution is -0.119. The maximum absolute atomic E-state index is 13.1. The molecule has 0 unspecified atom stereocenters. The molecule has 176 valence electrons. The van der Waals surface area contributed by atoms with Gasteiger partial charge in [0.15, 0.2) is 5.84 Å². The van der Waals surface area contributed by atoms with E-state index in [0.29, 0.717) is 30.6 Å². The Hall–Kier alpha value is -2.76. The van der Waals surface area contributed by atoms with Gasteiger partial charge in [-0.15, -0.1) is 4.40 Å². The lowest BCUT2D eigenvalue weighted by atomic mass is 10.1. The van der Waals surface area contributed by atoms with Crippen LogP contribution in [0.1, 0.15) is 39.2 Å². The summed E-state index contributed by atoms with van der Waals surface area (Å²) < 4.78 is 56.7. The smallest absolute Gasteiger partial charge is 0.285 e. The average Bonchev–Trinajstić information content (AvgIpc) is 3.29. The van der Waals surface area contributed by atoms with Gasteiger partial charge in [0, 0.05) is 23.3 Å². The number of hydrogen-bond donors (Lipinski definition) is 2. The molecule has 1 amide bonds. The van der Waals surface area contributed by atoms with E-state index in [2.05, 4.69) is 14.4 Å². The Labute approximate surface area is 194 Å². The van der Waals surface area contributed by atoms with E-state index in [1.54, 1.807) is 56.0 Å². The third-order valence-corrected chi connectivity index (χ3v) is 8.37. The highest BCUT2D eigenvalue weighted by Crippen LogP contribution is 2.31. The molecule has 2 aromatic rings. The first-order valence-electron chi connectivity index (χ1n) is 10.5. The van der Waals surface area contributed by atoms with E-state index in [1.165, 1.54) is 18.2 Å². The summed E-state index contributed by atoms with van der Waals surface area (Å²) in [6, 6.07) is 12.0. The Morgan fingerprint density at radius 2 is 1.85 bits per heavy atom. The lowest BCUT2D eigenvalue weighted by Gasteiger charge is -2.25. The summed E-state index contributed by atoms with van der Waals surface area (Å²) in [5.41, 5.74) is 0.171. The second-order valence-electron chi connectivity index (χ2n) is 9.11. The molecule has 4 rings (SSSR count). The monoisotopic (exact) mass is 490 g/mol. The molecule has 1 saturated heterocycles. The Morgan fingerprint density at radius 1 is 1.12 bits per heavy atom. The minimum atomic E-state index is -3.80. The van der Waals surface area contributed by atoms with E-state index in [1.807, 2.05) is 0 Å². The number of sulfonamides is 2. The van der Waals surface area contributed by atoms with E-state index < -0.39 is 31.6 Å². The molecule has 11 heteroatoms. The average molecular weight is 491 g/mol. The third kappa shape index (κ3) is 4.80. The van der Waals surface area contributed by atoms with Crippen molar-refractivity contribution >= 4 is 37.5 Å². The number of hydrogen-bond acceptors (Lipinski definition) is 6. The van der Waals surface area contributed by atoms with Crippen LogP contribution in [0.15, 0.2) is 62.7 Å². The van der Waals surface area contributed by atoms with Crippen molar-refractivity contribution in [2.45, 2.75) is 55.0 Å². The van der Waals surface area contributed by atoms with E-state index in [-0.39, 0.29) is 21.5 Å². The van der Waals surface area contributed by atoms with E-state index in [0.717, 1.165) is 0 Å². The third-order valence-electron chi connectivity index (χ3n) is 5.29. The Morgan fingerprint density at radius 3 is 2.58 bits per heavy atom. The fraction of sp³-hybridized carbons (Fsp3) is 0.364.